The van der Waals surface area contributed by atoms with Crippen LogP contribution < -0.4 is 10.1 Å². The van der Waals surface area contributed by atoms with Gasteiger partial charge in [-0.15, -0.1) is 24.8 Å². The van der Waals surface area contributed by atoms with Crippen molar-refractivity contribution in [3.63, 3.8) is 0 Å². The third kappa shape index (κ3) is 5.74. The Labute approximate surface area is 162 Å². The molecular formula is C18H29Cl2N3O2. The molecule has 1 aromatic rings. The molecule has 142 valence electrons. The highest BCUT2D eigenvalue weighted by Gasteiger charge is 2.28. The number of methoxy groups -OCH3 is 1. The van der Waals surface area contributed by atoms with Crippen LogP contribution >= 0.6 is 24.8 Å². The fraction of sp³-hybridized carbons (Fsp3) is 0.611. The lowest BCUT2D eigenvalue weighted by Crippen LogP contribution is -2.51. The van der Waals surface area contributed by atoms with Crippen molar-refractivity contribution in [1.29, 1.82) is 0 Å². The van der Waals surface area contributed by atoms with Crippen LogP contribution in [0.5, 0.6) is 5.75 Å². The quantitative estimate of drug-likeness (QED) is 0.856. The Hall–Kier alpha value is -1.01. The van der Waals surface area contributed by atoms with Crippen LogP contribution in [-0.4, -0.2) is 62.1 Å². The first kappa shape index (κ1) is 22.0. The lowest BCUT2D eigenvalue weighted by atomic mass is 9.98. The van der Waals surface area contributed by atoms with E-state index in [1.165, 1.54) is 5.56 Å². The number of carbonyl (C=O) groups excluding carboxylic acids is 1. The zero-order valence-electron chi connectivity index (χ0n) is 14.8. The molecule has 0 aromatic heterocycles. The van der Waals surface area contributed by atoms with Crippen LogP contribution in [0, 0.1) is 5.92 Å². The van der Waals surface area contributed by atoms with Gasteiger partial charge in [-0.1, -0.05) is 18.2 Å². The Morgan fingerprint density at radius 3 is 2.56 bits per heavy atom. The first-order chi connectivity index (χ1) is 11.3. The first-order valence-corrected chi connectivity index (χ1v) is 8.61. The van der Waals surface area contributed by atoms with Crippen molar-refractivity contribution in [2.24, 2.45) is 5.92 Å². The first-order valence-electron chi connectivity index (χ1n) is 8.61. The number of amides is 1. The second-order valence-corrected chi connectivity index (χ2v) is 6.46. The lowest BCUT2D eigenvalue weighted by molar-refractivity contribution is -0.137. The molecule has 0 saturated carbocycles. The van der Waals surface area contributed by atoms with Crippen LogP contribution in [0.2, 0.25) is 0 Å². The molecule has 1 N–H and O–H groups in total. The molecule has 2 heterocycles. The van der Waals surface area contributed by atoms with Gasteiger partial charge in [0.1, 0.15) is 5.75 Å². The fourth-order valence-electron chi connectivity index (χ4n) is 3.52. The molecule has 1 atom stereocenters. The molecule has 2 aliphatic heterocycles. The number of rotatable bonds is 4. The molecule has 7 heteroatoms. The highest BCUT2D eigenvalue weighted by Crippen LogP contribution is 2.21. The van der Waals surface area contributed by atoms with Crippen LogP contribution in [0.15, 0.2) is 24.3 Å². The van der Waals surface area contributed by atoms with Gasteiger partial charge in [-0.3, -0.25) is 9.69 Å². The number of hydrogen-bond donors (Lipinski definition) is 1. The summed E-state index contributed by atoms with van der Waals surface area (Å²) in [5, 5.41) is 3.34. The SMILES string of the molecule is COc1ccccc1CN1CCN(C(=O)C2CCCNC2)CC1.Cl.Cl. The van der Waals surface area contributed by atoms with E-state index >= 15 is 0 Å². The van der Waals surface area contributed by atoms with Crippen LogP contribution in [0.1, 0.15) is 18.4 Å². The summed E-state index contributed by atoms with van der Waals surface area (Å²) in [6.45, 7) is 6.33. The molecule has 1 unspecified atom stereocenters. The Balaban J connectivity index is 0.00000156. The zero-order chi connectivity index (χ0) is 16.1. The number of piperazine rings is 1. The zero-order valence-corrected chi connectivity index (χ0v) is 16.4. The van der Waals surface area contributed by atoms with Gasteiger partial charge in [0.25, 0.3) is 0 Å². The molecule has 0 spiro atoms. The van der Waals surface area contributed by atoms with Gasteiger partial charge in [0.15, 0.2) is 0 Å². The Kier molecular flexibility index (Phi) is 9.57. The summed E-state index contributed by atoms with van der Waals surface area (Å²) in [4.78, 5) is 17.0. The van der Waals surface area contributed by atoms with E-state index in [-0.39, 0.29) is 30.7 Å². The number of benzene rings is 1. The predicted molar refractivity (Wildman–Crippen MR) is 105 cm³/mol. The maximum atomic E-state index is 12.6. The van der Waals surface area contributed by atoms with Gasteiger partial charge in [-0.2, -0.15) is 0 Å². The second kappa shape index (κ2) is 10.9. The van der Waals surface area contributed by atoms with Crippen LogP contribution in [-0.2, 0) is 11.3 Å². The van der Waals surface area contributed by atoms with E-state index in [0.29, 0.717) is 5.91 Å². The minimum atomic E-state index is 0. The van der Waals surface area contributed by atoms with E-state index in [1.54, 1.807) is 7.11 Å². The van der Waals surface area contributed by atoms with E-state index in [2.05, 4.69) is 21.2 Å². The van der Waals surface area contributed by atoms with Gasteiger partial charge in [0.2, 0.25) is 5.91 Å². The molecule has 3 rings (SSSR count). The van der Waals surface area contributed by atoms with Gasteiger partial charge >= 0.3 is 0 Å². The van der Waals surface area contributed by atoms with E-state index in [1.807, 2.05) is 18.2 Å². The van der Waals surface area contributed by atoms with Crippen molar-refractivity contribution in [1.82, 2.24) is 15.1 Å². The number of carbonyl (C=O) groups is 1. The number of nitrogens with zero attached hydrogens (tertiary/aromatic N) is 2. The molecule has 2 saturated heterocycles. The molecule has 25 heavy (non-hydrogen) atoms. The van der Waals surface area contributed by atoms with Crippen LogP contribution in [0.25, 0.3) is 0 Å². The van der Waals surface area contributed by atoms with Crippen molar-refractivity contribution in [3.05, 3.63) is 29.8 Å². The van der Waals surface area contributed by atoms with Gasteiger partial charge < -0.3 is 15.0 Å². The Bertz CT molecular complexity index is 531. The number of hydrogen-bond acceptors (Lipinski definition) is 4. The molecule has 0 aliphatic carbocycles. The van der Waals surface area contributed by atoms with Gasteiger partial charge in [0, 0.05) is 44.8 Å². The van der Waals surface area contributed by atoms with Crippen molar-refractivity contribution < 1.29 is 9.53 Å². The van der Waals surface area contributed by atoms with Gasteiger partial charge in [-0.25, -0.2) is 0 Å². The van der Waals surface area contributed by atoms with Crippen molar-refractivity contribution >= 4 is 30.7 Å². The molecule has 5 nitrogen and oxygen atoms in total. The number of nitrogens with one attached hydrogen (secondary N) is 1. The summed E-state index contributed by atoms with van der Waals surface area (Å²) in [6.07, 6.45) is 2.15. The molecule has 1 amide bonds. The maximum Gasteiger partial charge on any atom is 0.227 e. The van der Waals surface area contributed by atoms with Crippen molar-refractivity contribution in [2.75, 3.05) is 46.4 Å². The van der Waals surface area contributed by atoms with Gasteiger partial charge in [-0.05, 0) is 25.5 Å². The highest BCUT2D eigenvalue weighted by atomic mass is 35.5. The fourth-order valence-corrected chi connectivity index (χ4v) is 3.52. The van der Waals surface area contributed by atoms with Gasteiger partial charge in [0.05, 0.1) is 13.0 Å². The van der Waals surface area contributed by atoms with Crippen molar-refractivity contribution in [3.8, 4) is 5.75 Å². The summed E-state index contributed by atoms with van der Waals surface area (Å²) in [7, 11) is 1.72. The smallest absolute Gasteiger partial charge is 0.227 e. The molecule has 2 fully saturated rings. The summed E-state index contributed by atoms with van der Waals surface area (Å²) in [5.74, 6) is 1.47. The van der Waals surface area contributed by atoms with Crippen molar-refractivity contribution in [2.45, 2.75) is 19.4 Å². The monoisotopic (exact) mass is 389 g/mol. The van der Waals surface area contributed by atoms with E-state index < -0.39 is 0 Å². The number of ether oxygens (including phenoxy) is 1. The predicted octanol–water partition coefficient (Wildman–Crippen LogP) is 2.18. The Morgan fingerprint density at radius 1 is 1.20 bits per heavy atom. The topological polar surface area (TPSA) is 44.8 Å². The summed E-state index contributed by atoms with van der Waals surface area (Å²) < 4.78 is 5.43. The summed E-state index contributed by atoms with van der Waals surface area (Å²) in [6, 6.07) is 8.17. The average Bonchev–Trinajstić information content (AvgIpc) is 2.63. The normalized spacial score (nSPS) is 21.0. The molecule has 0 radical (unpaired) electrons. The second-order valence-electron chi connectivity index (χ2n) is 6.46. The minimum absolute atomic E-state index is 0. The molecule has 2 aliphatic rings. The Morgan fingerprint density at radius 2 is 1.92 bits per heavy atom. The standard InChI is InChI=1S/C18H27N3O2.2ClH/c1-23-17-7-3-2-5-16(17)14-20-9-11-21(12-10-20)18(22)15-6-4-8-19-13-15;;/h2-3,5,7,15,19H,4,6,8-14H2,1H3;2*1H. The lowest BCUT2D eigenvalue weighted by Gasteiger charge is -2.37. The van der Waals surface area contributed by atoms with E-state index in [4.69, 9.17) is 4.74 Å². The van der Waals surface area contributed by atoms with Crippen LogP contribution in [0.3, 0.4) is 0 Å². The molecule has 1 aromatic carbocycles. The van der Waals surface area contributed by atoms with E-state index in [0.717, 1.165) is 64.4 Å². The van der Waals surface area contributed by atoms with E-state index in [9.17, 15) is 4.79 Å². The largest absolute Gasteiger partial charge is 0.496 e. The van der Waals surface area contributed by atoms with Crippen LogP contribution in [0.4, 0.5) is 0 Å². The number of para-hydroxylation sites is 1. The number of halogens is 2. The third-order valence-electron chi connectivity index (χ3n) is 4.92. The average molecular weight is 390 g/mol. The highest BCUT2D eigenvalue weighted by molar-refractivity contribution is 5.85. The minimum Gasteiger partial charge on any atom is -0.496 e. The summed E-state index contributed by atoms with van der Waals surface area (Å²) >= 11 is 0. The third-order valence-corrected chi connectivity index (χ3v) is 4.92. The maximum absolute atomic E-state index is 12.6. The molecular weight excluding hydrogens is 361 g/mol. The molecule has 0 bridgehead atoms. The summed E-state index contributed by atoms with van der Waals surface area (Å²) in [5.41, 5.74) is 1.21. The number of piperidine rings is 1.